The van der Waals surface area contributed by atoms with Crippen molar-refractivity contribution < 1.29 is 5.11 Å². The number of nitrogens with zero attached hydrogens (tertiary/aromatic N) is 6. The summed E-state index contributed by atoms with van der Waals surface area (Å²) in [4.78, 5) is 20.2. The van der Waals surface area contributed by atoms with Gasteiger partial charge in [0, 0.05) is 29.4 Å². The van der Waals surface area contributed by atoms with Gasteiger partial charge in [0.25, 0.3) is 0 Å². The van der Waals surface area contributed by atoms with Crippen molar-refractivity contribution in [1.82, 2.24) is 34.4 Å². The van der Waals surface area contributed by atoms with Gasteiger partial charge < -0.3 is 10.1 Å². The summed E-state index contributed by atoms with van der Waals surface area (Å²) in [6, 6.07) is 18.3. The Morgan fingerprint density at radius 1 is 1.08 bits per heavy atom. The number of rotatable bonds is 7. The number of hydrogen-bond donors (Lipinski definition) is 2. The van der Waals surface area contributed by atoms with Crippen LogP contribution in [0.5, 0.6) is 0 Å². The molecular formula is C30H33N7O. The van der Waals surface area contributed by atoms with Crippen LogP contribution in [-0.2, 0) is 13.0 Å². The standard InChI is InChI=1S/C30H33N7O/c1-5-30(3,4)36(29-22-11-7-6-10-20(22)15-24(29)38)17-25-34-27(21-13-14-26-31-18-32-37(26)16-21)28(35-25)23-12-8-9-19(2)33-23/h6-14,16,18,24,29,38H,5,15,17H2,1-4H3,(H,34,35)/t24-,29?/m0/s1. The minimum Gasteiger partial charge on any atom is -0.391 e. The second-order valence-electron chi connectivity index (χ2n) is 10.8. The number of aryl methyl sites for hydroxylation is 1. The van der Waals surface area contributed by atoms with Crippen LogP contribution in [0.1, 0.15) is 55.9 Å². The number of fused-ring (bicyclic) bond motifs is 2. The summed E-state index contributed by atoms with van der Waals surface area (Å²) in [7, 11) is 0. The number of aliphatic hydroxyl groups excluding tert-OH is 1. The molecule has 0 spiro atoms. The van der Waals surface area contributed by atoms with E-state index in [4.69, 9.17) is 9.97 Å². The van der Waals surface area contributed by atoms with Gasteiger partial charge in [-0.15, -0.1) is 0 Å². The fourth-order valence-corrected chi connectivity index (χ4v) is 5.51. The van der Waals surface area contributed by atoms with E-state index in [1.54, 1.807) is 10.8 Å². The molecule has 0 aliphatic heterocycles. The second-order valence-corrected chi connectivity index (χ2v) is 10.8. The molecule has 4 heterocycles. The molecular weight excluding hydrogens is 474 g/mol. The molecule has 4 aromatic heterocycles. The molecule has 2 atom stereocenters. The molecule has 1 aromatic carbocycles. The van der Waals surface area contributed by atoms with Crippen molar-refractivity contribution in [3.63, 3.8) is 0 Å². The average molecular weight is 508 g/mol. The van der Waals surface area contributed by atoms with Gasteiger partial charge in [0.05, 0.1) is 35.8 Å². The summed E-state index contributed by atoms with van der Waals surface area (Å²) >= 11 is 0. The van der Waals surface area contributed by atoms with Gasteiger partial charge in [-0.05, 0) is 62.6 Å². The maximum Gasteiger partial charge on any atom is 0.155 e. The van der Waals surface area contributed by atoms with E-state index in [-0.39, 0.29) is 11.6 Å². The molecule has 1 unspecified atom stereocenters. The Morgan fingerprint density at radius 3 is 2.74 bits per heavy atom. The van der Waals surface area contributed by atoms with Crippen LogP contribution >= 0.6 is 0 Å². The first-order chi connectivity index (χ1) is 18.3. The molecule has 6 rings (SSSR count). The second kappa shape index (κ2) is 9.45. The lowest BCUT2D eigenvalue weighted by molar-refractivity contribution is -0.0102. The first kappa shape index (κ1) is 24.5. The molecule has 0 amide bonds. The largest absolute Gasteiger partial charge is 0.391 e. The zero-order valence-electron chi connectivity index (χ0n) is 22.3. The molecule has 38 heavy (non-hydrogen) atoms. The van der Waals surface area contributed by atoms with Gasteiger partial charge in [-0.3, -0.25) is 9.88 Å². The Balaban J connectivity index is 1.46. The number of aliphatic hydroxyl groups is 1. The molecule has 8 nitrogen and oxygen atoms in total. The zero-order chi connectivity index (χ0) is 26.4. The van der Waals surface area contributed by atoms with E-state index in [1.165, 1.54) is 11.1 Å². The van der Waals surface area contributed by atoms with E-state index in [2.05, 4.69) is 65.0 Å². The van der Waals surface area contributed by atoms with Gasteiger partial charge in [-0.25, -0.2) is 14.5 Å². The van der Waals surface area contributed by atoms with Crippen molar-refractivity contribution in [2.45, 2.75) is 64.8 Å². The minimum atomic E-state index is -0.472. The van der Waals surface area contributed by atoms with Gasteiger partial charge in [0.1, 0.15) is 12.2 Å². The molecule has 194 valence electrons. The highest BCUT2D eigenvalue weighted by molar-refractivity contribution is 5.77. The first-order valence-electron chi connectivity index (χ1n) is 13.2. The molecule has 0 fully saturated rings. The van der Waals surface area contributed by atoms with Crippen molar-refractivity contribution in [2.24, 2.45) is 0 Å². The maximum absolute atomic E-state index is 11.2. The van der Waals surface area contributed by atoms with Crippen LogP contribution in [0.2, 0.25) is 0 Å². The summed E-state index contributed by atoms with van der Waals surface area (Å²) in [5.41, 5.74) is 7.42. The van der Waals surface area contributed by atoms with Crippen molar-refractivity contribution in [3.8, 4) is 22.6 Å². The Bertz CT molecular complexity index is 1600. The predicted molar refractivity (Wildman–Crippen MR) is 147 cm³/mol. The normalized spacial score (nSPS) is 17.4. The van der Waals surface area contributed by atoms with Gasteiger partial charge in [0.2, 0.25) is 0 Å². The minimum absolute atomic E-state index is 0.109. The summed E-state index contributed by atoms with van der Waals surface area (Å²) in [6.07, 6.45) is 4.62. The van der Waals surface area contributed by atoms with E-state index in [0.717, 1.165) is 46.2 Å². The van der Waals surface area contributed by atoms with Crippen LogP contribution in [0, 0.1) is 6.92 Å². The monoisotopic (exact) mass is 507 g/mol. The molecule has 8 heteroatoms. The van der Waals surface area contributed by atoms with Crippen molar-refractivity contribution >= 4 is 5.65 Å². The summed E-state index contributed by atoms with van der Waals surface area (Å²) in [6.45, 7) is 9.23. The Morgan fingerprint density at radius 2 is 1.92 bits per heavy atom. The highest BCUT2D eigenvalue weighted by Gasteiger charge is 2.41. The lowest BCUT2D eigenvalue weighted by atomic mass is 9.93. The fraction of sp³-hybridized carbons (Fsp3) is 0.333. The van der Waals surface area contributed by atoms with Crippen molar-refractivity contribution in [1.29, 1.82) is 0 Å². The highest BCUT2D eigenvalue weighted by atomic mass is 16.3. The molecule has 1 aliphatic rings. The summed E-state index contributed by atoms with van der Waals surface area (Å²) in [5.74, 6) is 0.829. The Hall–Kier alpha value is -3.88. The topological polar surface area (TPSA) is 95.2 Å². The van der Waals surface area contributed by atoms with E-state index in [9.17, 15) is 5.11 Å². The molecule has 1 aliphatic carbocycles. The SMILES string of the molecule is CCC(C)(C)N(Cc1nc(-c2ccc3ncnn3c2)c(-c2cccc(C)n2)[nH]1)C1c2ccccc2C[C@@H]1O. The summed E-state index contributed by atoms with van der Waals surface area (Å²) < 4.78 is 1.76. The quantitative estimate of drug-likeness (QED) is 0.317. The lowest BCUT2D eigenvalue weighted by Gasteiger charge is -2.43. The van der Waals surface area contributed by atoms with Gasteiger partial charge >= 0.3 is 0 Å². The van der Waals surface area contributed by atoms with Crippen LogP contribution in [0.3, 0.4) is 0 Å². The van der Waals surface area contributed by atoms with Crippen LogP contribution < -0.4 is 0 Å². The Kier molecular flexibility index (Phi) is 6.08. The molecule has 0 bridgehead atoms. The van der Waals surface area contributed by atoms with Crippen LogP contribution in [-0.4, -0.2) is 51.2 Å². The van der Waals surface area contributed by atoms with Gasteiger partial charge in [0.15, 0.2) is 5.65 Å². The molecule has 5 aromatic rings. The third-order valence-electron chi connectivity index (χ3n) is 7.91. The number of nitrogens with one attached hydrogen (secondary N) is 1. The van der Waals surface area contributed by atoms with Gasteiger partial charge in [-0.2, -0.15) is 5.10 Å². The van der Waals surface area contributed by atoms with Crippen LogP contribution in [0.25, 0.3) is 28.3 Å². The fourth-order valence-electron chi connectivity index (χ4n) is 5.51. The molecule has 2 N–H and O–H groups in total. The maximum atomic E-state index is 11.2. The van der Waals surface area contributed by atoms with E-state index in [1.807, 2.05) is 43.5 Å². The van der Waals surface area contributed by atoms with Crippen molar-refractivity contribution in [2.75, 3.05) is 0 Å². The third-order valence-corrected chi connectivity index (χ3v) is 7.91. The van der Waals surface area contributed by atoms with Crippen LogP contribution in [0.4, 0.5) is 0 Å². The Labute approximate surface area is 222 Å². The number of H-pyrrole nitrogens is 1. The number of pyridine rings is 2. The third kappa shape index (κ3) is 4.29. The van der Waals surface area contributed by atoms with E-state index >= 15 is 0 Å². The lowest BCUT2D eigenvalue weighted by Crippen LogP contribution is -2.47. The molecule has 0 saturated carbocycles. The number of aromatic nitrogens is 6. The highest BCUT2D eigenvalue weighted by Crippen LogP contribution is 2.41. The van der Waals surface area contributed by atoms with Gasteiger partial charge in [-0.1, -0.05) is 37.3 Å². The van der Waals surface area contributed by atoms with E-state index in [0.29, 0.717) is 13.0 Å². The number of benzene rings is 1. The first-order valence-corrected chi connectivity index (χ1v) is 13.2. The summed E-state index contributed by atoms with van der Waals surface area (Å²) in [5, 5.41) is 15.6. The molecule has 0 saturated heterocycles. The van der Waals surface area contributed by atoms with Crippen LogP contribution in [0.15, 0.2) is 67.1 Å². The number of aromatic amines is 1. The number of hydrogen-bond acceptors (Lipinski definition) is 6. The number of imidazole rings is 1. The zero-order valence-corrected chi connectivity index (χ0v) is 22.3. The smallest absolute Gasteiger partial charge is 0.155 e. The average Bonchev–Trinajstić information content (AvgIpc) is 3.63. The van der Waals surface area contributed by atoms with Crippen molar-refractivity contribution in [3.05, 3.63) is 89.8 Å². The molecule has 0 radical (unpaired) electrons. The predicted octanol–water partition coefficient (Wildman–Crippen LogP) is 5.14. The van der Waals surface area contributed by atoms with E-state index < -0.39 is 6.10 Å².